The Labute approximate surface area is 248 Å². The van der Waals surface area contributed by atoms with Gasteiger partial charge in [-0.2, -0.15) is 22.0 Å². The highest BCUT2D eigenvalue weighted by atomic mass is 19.4. The van der Waals surface area contributed by atoms with Crippen LogP contribution >= 0.6 is 0 Å². The van der Waals surface area contributed by atoms with Gasteiger partial charge in [0.15, 0.2) is 5.78 Å². The summed E-state index contributed by atoms with van der Waals surface area (Å²) in [5.74, 6) is -6.83. The molecule has 0 bridgehead atoms. The largest absolute Gasteiger partial charge is 0.456 e. The minimum atomic E-state index is -5.89. The van der Waals surface area contributed by atoms with Crippen LogP contribution in [0, 0.1) is 17.3 Å². The van der Waals surface area contributed by atoms with Crippen LogP contribution in [0.15, 0.2) is 47.1 Å². The quantitative estimate of drug-likeness (QED) is 0.371. The summed E-state index contributed by atoms with van der Waals surface area (Å²) in [6.45, 7) is 4.75. The number of allylic oxidation sites excluding steroid dienone is 4. The van der Waals surface area contributed by atoms with Crippen molar-refractivity contribution in [2.75, 3.05) is 26.2 Å². The molecule has 0 radical (unpaired) electrons. The van der Waals surface area contributed by atoms with E-state index < -0.39 is 41.4 Å². The molecular weight excluding hydrogens is 567 g/mol. The third kappa shape index (κ3) is 4.87. The highest BCUT2D eigenvalue weighted by Crippen LogP contribution is 2.70. The summed E-state index contributed by atoms with van der Waals surface area (Å²) in [5.41, 5.74) is -0.844. The minimum absolute atomic E-state index is 0.0372. The van der Waals surface area contributed by atoms with Crippen LogP contribution in [0.1, 0.15) is 86.6 Å². The molecule has 5 atom stereocenters. The lowest BCUT2D eigenvalue weighted by atomic mass is 9.50. The van der Waals surface area contributed by atoms with E-state index in [4.69, 9.17) is 0 Å². The third-order valence-electron chi connectivity index (χ3n) is 11.2. The van der Waals surface area contributed by atoms with Gasteiger partial charge in [0.05, 0.1) is 0 Å². The van der Waals surface area contributed by atoms with Gasteiger partial charge in [-0.3, -0.25) is 9.59 Å². The SMILES string of the molecule is CC12C[C@H](c3ccc(C(=O)NCCN4CCCC4)cc3)C3=C4CCC(=O)C=C4CCC3[C@@H]1CC[C@@]2(O)C(F)(F)C(F)(F)F. The van der Waals surface area contributed by atoms with Crippen LogP contribution in [0.5, 0.6) is 0 Å². The van der Waals surface area contributed by atoms with Gasteiger partial charge in [-0.15, -0.1) is 0 Å². The smallest absolute Gasteiger partial charge is 0.383 e. The molecule has 0 aromatic heterocycles. The molecule has 4 aliphatic carbocycles. The van der Waals surface area contributed by atoms with Crippen LogP contribution in [-0.2, 0) is 4.79 Å². The van der Waals surface area contributed by atoms with E-state index in [2.05, 4.69) is 10.2 Å². The summed E-state index contributed by atoms with van der Waals surface area (Å²) in [7, 11) is 0. The van der Waals surface area contributed by atoms with Crippen molar-refractivity contribution in [3.05, 3.63) is 58.2 Å². The predicted molar refractivity (Wildman–Crippen MR) is 151 cm³/mol. The van der Waals surface area contributed by atoms with Gasteiger partial charge in [0.25, 0.3) is 5.91 Å². The molecule has 1 saturated heterocycles. The van der Waals surface area contributed by atoms with E-state index in [1.807, 2.05) is 0 Å². The number of nitrogens with zero attached hydrogens (tertiary/aromatic N) is 1. The van der Waals surface area contributed by atoms with Gasteiger partial charge >= 0.3 is 12.1 Å². The van der Waals surface area contributed by atoms with Crippen LogP contribution in [0.25, 0.3) is 0 Å². The Morgan fingerprint density at radius 1 is 1.05 bits per heavy atom. The fraction of sp³-hybridized carbons (Fsp3) is 0.636. The molecule has 234 valence electrons. The molecule has 1 aliphatic heterocycles. The molecule has 5 aliphatic rings. The summed E-state index contributed by atoms with van der Waals surface area (Å²) < 4.78 is 71.6. The average molecular weight is 607 g/mol. The molecule has 1 heterocycles. The first-order valence-corrected chi connectivity index (χ1v) is 15.5. The van der Waals surface area contributed by atoms with E-state index in [1.165, 1.54) is 6.92 Å². The zero-order valence-electron chi connectivity index (χ0n) is 24.4. The average Bonchev–Trinajstić information content (AvgIpc) is 3.58. The number of carbonyl (C=O) groups is 2. The predicted octanol–water partition coefficient (Wildman–Crippen LogP) is 6.34. The Bertz CT molecular complexity index is 1350. The molecule has 2 saturated carbocycles. The number of ketones is 1. The second kappa shape index (κ2) is 10.8. The van der Waals surface area contributed by atoms with Crippen molar-refractivity contribution in [3.63, 3.8) is 0 Å². The topological polar surface area (TPSA) is 69.6 Å². The first-order valence-electron chi connectivity index (χ1n) is 15.5. The van der Waals surface area contributed by atoms with E-state index in [0.29, 0.717) is 43.4 Å². The zero-order valence-corrected chi connectivity index (χ0v) is 24.4. The number of aliphatic hydroxyl groups is 1. The normalized spacial score (nSPS) is 33.1. The molecule has 43 heavy (non-hydrogen) atoms. The lowest BCUT2D eigenvalue weighted by Gasteiger charge is -2.56. The Kier molecular flexibility index (Phi) is 7.64. The number of hydrogen-bond acceptors (Lipinski definition) is 4. The number of rotatable bonds is 6. The van der Waals surface area contributed by atoms with Gasteiger partial charge in [-0.1, -0.05) is 24.6 Å². The molecule has 2 N–H and O–H groups in total. The zero-order chi connectivity index (χ0) is 30.8. The monoisotopic (exact) mass is 606 g/mol. The number of likely N-dealkylation sites (tertiary alicyclic amines) is 1. The lowest BCUT2D eigenvalue weighted by molar-refractivity contribution is -0.362. The van der Waals surface area contributed by atoms with Gasteiger partial charge < -0.3 is 15.3 Å². The number of benzene rings is 1. The van der Waals surface area contributed by atoms with Gasteiger partial charge in [-0.25, -0.2) is 0 Å². The number of fused-ring (bicyclic) bond motifs is 4. The summed E-state index contributed by atoms with van der Waals surface area (Å²) in [5, 5.41) is 14.3. The van der Waals surface area contributed by atoms with Gasteiger partial charge in [0.2, 0.25) is 0 Å². The second-order valence-electron chi connectivity index (χ2n) is 13.4. The maximum Gasteiger partial charge on any atom is 0.456 e. The molecule has 10 heteroatoms. The van der Waals surface area contributed by atoms with Crippen molar-refractivity contribution in [3.8, 4) is 0 Å². The molecule has 0 spiro atoms. The minimum Gasteiger partial charge on any atom is -0.383 e. The molecule has 2 unspecified atom stereocenters. The molecule has 1 amide bonds. The molecule has 5 nitrogen and oxygen atoms in total. The Hall–Kier alpha value is -2.59. The Morgan fingerprint density at radius 3 is 2.42 bits per heavy atom. The van der Waals surface area contributed by atoms with E-state index in [0.717, 1.165) is 49.2 Å². The first-order chi connectivity index (χ1) is 20.3. The van der Waals surface area contributed by atoms with E-state index in [9.17, 15) is 27.9 Å². The molecule has 1 aromatic carbocycles. The number of halogens is 5. The second-order valence-corrected chi connectivity index (χ2v) is 13.4. The van der Waals surface area contributed by atoms with Crippen LogP contribution in [0.2, 0.25) is 0 Å². The maximum absolute atomic E-state index is 15.2. The van der Waals surface area contributed by atoms with Gasteiger partial charge in [0, 0.05) is 36.4 Å². The number of nitrogens with one attached hydrogen (secondary N) is 1. The van der Waals surface area contributed by atoms with Crippen molar-refractivity contribution in [2.24, 2.45) is 17.3 Å². The van der Waals surface area contributed by atoms with Crippen molar-refractivity contribution in [2.45, 2.75) is 88.3 Å². The summed E-state index contributed by atoms with van der Waals surface area (Å²) >= 11 is 0. The van der Waals surface area contributed by atoms with Crippen LogP contribution in [0.4, 0.5) is 22.0 Å². The summed E-state index contributed by atoms with van der Waals surface area (Å²) in [6, 6.07) is 6.86. The van der Waals surface area contributed by atoms with E-state index in [-0.39, 0.29) is 30.4 Å². The molecular formula is C33H39F5N2O3. The number of alkyl halides is 5. The summed E-state index contributed by atoms with van der Waals surface area (Å²) in [6.07, 6.45) is -0.632. The van der Waals surface area contributed by atoms with E-state index in [1.54, 1.807) is 30.3 Å². The number of amides is 1. The Balaban J connectivity index is 1.35. The number of carbonyl (C=O) groups excluding carboxylic acids is 2. The fourth-order valence-corrected chi connectivity index (χ4v) is 9.02. The first kappa shape index (κ1) is 30.4. The van der Waals surface area contributed by atoms with Crippen molar-refractivity contribution in [1.82, 2.24) is 10.2 Å². The number of hydrogen-bond donors (Lipinski definition) is 2. The molecule has 6 rings (SSSR count). The third-order valence-corrected chi connectivity index (χ3v) is 11.2. The van der Waals surface area contributed by atoms with Crippen LogP contribution < -0.4 is 5.32 Å². The Morgan fingerprint density at radius 2 is 1.74 bits per heavy atom. The van der Waals surface area contributed by atoms with Crippen molar-refractivity contribution >= 4 is 11.7 Å². The summed E-state index contributed by atoms with van der Waals surface area (Å²) in [4.78, 5) is 27.4. The van der Waals surface area contributed by atoms with E-state index >= 15 is 8.78 Å². The van der Waals surface area contributed by atoms with Gasteiger partial charge in [-0.05, 0) is 111 Å². The molecule has 1 aromatic rings. The van der Waals surface area contributed by atoms with Crippen LogP contribution in [-0.4, -0.2) is 65.6 Å². The molecule has 3 fully saturated rings. The van der Waals surface area contributed by atoms with Crippen LogP contribution in [0.3, 0.4) is 0 Å². The maximum atomic E-state index is 15.2. The standard InChI is InChI=1S/C33H39F5N2O3/c1-30-19-26(20-4-6-21(7-5-20)29(42)39-14-17-40-15-2-3-16-40)28-24-11-9-23(41)18-22(24)8-10-25(28)27(30)12-13-31(30,43)32(34,35)33(36,37)38/h4-7,18,25-27,43H,2-3,8-17,19H2,1H3,(H,39,42)/t25?,26-,27+,30?,31+/m1/s1. The highest BCUT2D eigenvalue weighted by molar-refractivity contribution is 5.94. The van der Waals surface area contributed by atoms with Crippen molar-refractivity contribution < 1.29 is 36.6 Å². The fourth-order valence-electron chi connectivity index (χ4n) is 9.02. The van der Waals surface area contributed by atoms with Crippen molar-refractivity contribution in [1.29, 1.82) is 0 Å². The highest BCUT2D eigenvalue weighted by Gasteiger charge is 2.79. The van der Waals surface area contributed by atoms with Gasteiger partial charge in [0.1, 0.15) is 5.60 Å². The lowest BCUT2D eigenvalue weighted by Crippen LogP contribution is -2.65.